The number of benzene rings is 1. The Morgan fingerprint density at radius 1 is 1.33 bits per heavy atom. The Bertz CT molecular complexity index is 595. The third-order valence-corrected chi connectivity index (χ3v) is 3.16. The molecule has 0 spiro atoms. The highest BCUT2D eigenvalue weighted by Crippen LogP contribution is 2.10. The van der Waals surface area contributed by atoms with Crippen molar-refractivity contribution in [1.82, 2.24) is 5.32 Å². The first-order chi connectivity index (χ1) is 8.15. The van der Waals surface area contributed by atoms with Gasteiger partial charge in [0.1, 0.15) is 0 Å². The molecule has 0 radical (unpaired) electrons. The summed E-state index contributed by atoms with van der Waals surface area (Å²) in [4.78, 5) is 11.7. The summed E-state index contributed by atoms with van der Waals surface area (Å²) in [5.74, 6) is 2.05. The van der Waals surface area contributed by atoms with E-state index in [0.717, 1.165) is 0 Å². The summed E-state index contributed by atoms with van der Waals surface area (Å²) in [5.41, 5.74) is -0.457. The number of terminal acetylenes is 1. The van der Waals surface area contributed by atoms with Gasteiger partial charge in [-0.15, -0.1) is 6.42 Å². The summed E-state index contributed by atoms with van der Waals surface area (Å²) in [6, 6.07) is 5.30. The number of carbonyl (C=O) groups excluding carboxylic acids is 1. The molecular weight excluding hydrogens is 252 g/mol. The van der Waals surface area contributed by atoms with Crippen LogP contribution >= 0.6 is 0 Å². The van der Waals surface area contributed by atoms with Crippen molar-refractivity contribution in [3.63, 3.8) is 0 Å². The molecule has 0 saturated carbocycles. The van der Waals surface area contributed by atoms with Gasteiger partial charge in [0.25, 0.3) is 5.91 Å². The van der Waals surface area contributed by atoms with Gasteiger partial charge >= 0.3 is 0 Å². The minimum absolute atomic E-state index is 0.0461. The normalized spacial score (nSPS) is 11.7. The van der Waals surface area contributed by atoms with Gasteiger partial charge in [-0.3, -0.25) is 4.79 Å². The Labute approximate surface area is 106 Å². The molecule has 6 heteroatoms. The molecule has 0 fully saturated rings. The van der Waals surface area contributed by atoms with Crippen LogP contribution in [0.15, 0.2) is 29.2 Å². The Hall–Kier alpha value is -1.84. The van der Waals surface area contributed by atoms with E-state index in [1.54, 1.807) is 13.8 Å². The third-order valence-electron chi connectivity index (χ3n) is 2.23. The highest BCUT2D eigenvalue weighted by molar-refractivity contribution is 7.89. The molecule has 0 atom stereocenters. The molecule has 0 unspecified atom stereocenters. The van der Waals surface area contributed by atoms with Crippen LogP contribution in [0.1, 0.15) is 24.2 Å². The van der Waals surface area contributed by atoms with E-state index < -0.39 is 15.6 Å². The topological polar surface area (TPSA) is 89.3 Å². The van der Waals surface area contributed by atoms with Gasteiger partial charge < -0.3 is 5.32 Å². The number of sulfonamides is 1. The molecule has 0 saturated heterocycles. The molecule has 1 aromatic carbocycles. The van der Waals surface area contributed by atoms with Gasteiger partial charge in [0, 0.05) is 5.56 Å². The van der Waals surface area contributed by atoms with E-state index >= 15 is 0 Å². The Kier molecular flexibility index (Phi) is 3.79. The standard InChI is InChI=1S/C12H14N2O3S/c1-4-12(2,3)14-11(15)9-5-7-10(8-6-9)18(13,16)17/h1,5-8H,2-3H3,(H,14,15)(H2,13,16,17). The maximum atomic E-state index is 11.8. The zero-order chi connectivity index (χ0) is 14.0. The lowest BCUT2D eigenvalue weighted by atomic mass is 10.1. The Morgan fingerprint density at radius 3 is 2.22 bits per heavy atom. The SMILES string of the molecule is C#CC(C)(C)NC(=O)c1ccc(S(N)(=O)=O)cc1. The molecule has 1 amide bonds. The first-order valence-electron chi connectivity index (χ1n) is 5.09. The predicted molar refractivity (Wildman–Crippen MR) is 68.2 cm³/mol. The van der Waals surface area contributed by atoms with E-state index in [1.165, 1.54) is 24.3 Å². The fourth-order valence-electron chi connectivity index (χ4n) is 1.19. The van der Waals surface area contributed by atoms with Gasteiger partial charge in [-0.05, 0) is 38.1 Å². The van der Waals surface area contributed by atoms with Crippen LogP contribution < -0.4 is 10.5 Å². The maximum Gasteiger partial charge on any atom is 0.252 e. The number of rotatable bonds is 3. The smallest absolute Gasteiger partial charge is 0.252 e. The first kappa shape index (κ1) is 14.2. The molecule has 96 valence electrons. The second-order valence-electron chi connectivity index (χ2n) is 4.29. The fourth-order valence-corrected chi connectivity index (χ4v) is 1.70. The molecule has 0 aliphatic heterocycles. The minimum Gasteiger partial charge on any atom is -0.336 e. The lowest BCUT2D eigenvalue weighted by molar-refractivity contribution is 0.0930. The summed E-state index contributed by atoms with van der Waals surface area (Å²) in [6.45, 7) is 3.37. The molecular formula is C12H14N2O3S. The average Bonchev–Trinajstić information content (AvgIpc) is 2.27. The molecule has 0 aliphatic carbocycles. The van der Waals surface area contributed by atoms with Gasteiger partial charge in [0.15, 0.2) is 0 Å². The van der Waals surface area contributed by atoms with Crippen molar-refractivity contribution in [3.8, 4) is 12.3 Å². The van der Waals surface area contributed by atoms with Crippen molar-refractivity contribution in [2.45, 2.75) is 24.3 Å². The van der Waals surface area contributed by atoms with Gasteiger partial charge in [0.2, 0.25) is 10.0 Å². The van der Waals surface area contributed by atoms with Crippen LogP contribution in [0.25, 0.3) is 0 Å². The van der Waals surface area contributed by atoms with Crippen molar-refractivity contribution in [1.29, 1.82) is 0 Å². The van der Waals surface area contributed by atoms with Crippen LogP contribution in [0.2, 0.25) is 0 Å². The van der Waals surface area contributed by atoms with Crippen LogP contribution in [-0.2, 0) is 10.0 Å². The number of nitrogens with one attached hydrogen (secondary N) is 1. The van der Waals surface area contributed by atoms with Crippen molar-refractivity contribution in [2.75, 3.05) is 0 Å². The number of nitrogens with two attached hydrogens (primary N) is 1. The van der Waals surface area contributed by atoms with Gasteiger partial charge in [-0.2, -0.15) is 0 Å². The molecule has 1 aromatic rings. The van der Waals surface area contributed by atoms with Crippen molar-refractivity contribution in [3.05, 3.63) is 29.8 Å². The van der Waals surface area contributed by atoms with E-state index in [9.17, 15) is 13.2 Å². The second kappa shape index (κ2) is 4.80. The summed E-state index contributed by atoms with van der Waals surface area (Å²) in [6.07, 6.45) is 5.25. The molecule has 0 bridgehead atoms. The number of hydrogen-bond acceptors (Lipinski definition) is 3. The lowest BCUT2D eigenvalue weighted by Crippen LogP contribution is -2.42. The summed E-state index contributed by atoms with van der Waals surface area (Å²) < 4.78 is 22.1. The van der Waals surface area contributed by atoms with E-state index in [-0.39, 0.29) is 10.8 Å². The highest BCUT2D eigenvalue weighted by atomic mass is 32.2. The molecule has 0 aromatic heterocycles. The predicted octanol–water partition coefficient (Wildman–Crippen LogP) is 0.476. The molecule has 0 heterocycles. The first-order valence-corrected chi connectivity index (χ1v) is 6.63. The Balaban J connectivity index is 2.94. The van der Waals surface area contributed by atoms with Crippen LogP contribution in [0.3, 0.4) is 0 Å². The van der Waals surface area contributed by atoms with E-state index in [1.807, 2.05) is 0 Å². The molecule has 3 N–H and O–H groups in total. The van der Waals surface area contributed by atoms with Crippen LogP contribution in [-0.4, -0.2) is 19.9 Å². The van der Waals surface area contributed by atoms with Crippen molar-refractivity contribution in [2.24, 2.45) is 5.14 Å². The zero-order valence-electron chi connectivity index (χ0n) is 10.1. The third kappa shape index (κ3) is 3.58. The van der Waals surface area contributed by atoms with Crippen molar-refractivity contribution >= 4 is 15.9 Å². The monoisotopic (exact) mass is 266 g/mol. The lowest BCUT2D eigenvalue weighted by Gasteiger charge is -2.19. The summed E-state index contributed by atoms with van der Waals surface area (Å²) in [5, 5.41) is 7.58. The second-order valence-corrected chi connectivity index (χ2v) is 5.85. The number of hydrogen-bond donors (Lipinski definition) is 2. The molecule has 18 heavy (non-hydrogen) atoms. The van der Waals surface area contributed by atoms with E-state index in [4.69, 9.17) is 11.6 Å². The Morgan fingerprint density at radius 2 is 1.83 bits per heavy atom. The number of carbonyl (C=O) groups is 1. The van der Waals surface area contributed by atoms with E-state index in [0.29, 0.717) is 5.56 Å². The van der Waals surface area contributed by atoms with Crippen molar-refractivity contribution < 1.29 is 13.2 Å². The van der Waals surface area contributed by atoms with Crippen LogP contribution in [0, 0.1) is 12.3 Å². The van der Waals surface area contributed by atoms with Gasteiger partial charge in [-0.25, -0.2) is 13.6 Å². The quantitative estimate of drug-likeness (QED) is 0.780. The minimum atomic E-state index is -3.75. The molecule has 5 nitrogen and oxygen atoms in total. The summed E-state index contributed by atoms with van der Waals surface area (Å²) >= 11 is 0. The summed E-state index contributed by atoms with van der Waals surface area (Å²) in [7, 11) is -3.75. The fraction of sp³-hybridized carbons (Fsp3) is 0.250. The molecule has 0 aliphatic rings. The highest BCUT2D eigenvalue weighted by Gasteiger charge is 2.18. The van der Waals surface area contributed by atoms with Gasteiger partial charge in [0.05, 0.1) is 10.4 Å². The largest absolute Gasteiger partial charge is 0.336 e. The number of amides is 1. The van der Waals surface area contributed by atoms with Crippen LogP contribution in [0.5, 0.6) is 0 Å². The van der Waals surface area contributed by atoms with Gasteiger partial charge in [-0.1, -0.05) is 5.92 Å². The zero-order valence-corrected chi connectivity index (χ0v) is 10.9. The maximum absolute atomic E-state index is 11.8. The molecule has 1 rings (SSSR count). The average molecular weight is 266 g/mol. The van der Waals surface area contributed by atoms with Crippen LogP contribution in [0.4, 0.5) is 0 Å². The van der Waals surface area contributed by atoms with E-state index in [2.05, 4.69) is 11.2 Å². The number of primary sulfonamides is 1.